The lowest BCUT2D eigenvalue weighted by Crippen LogP contribution is -2.36. The number of rotatable bonds is 7. The van der Waals surface area contributed by atoms with E-state index in [1.54, 1.807) is 42.2 Å². The standard InChI is InChI=1S/C37H37N3O5/c1-6-45-34(42)22-40-32-21-26(5)25(4)20-31(32)39(19-18-33(40)41)37(44)27-14-16-28(17-15-27)38-36(43)30-13-8-7-12-29(30)35-23(2)10-9-11-24(35)3/h7-17,20-21H,6,18-19,22H2,1-5H3,(H,38,43). The molecule has 45 heavy (non-hydrogen) atoms. The molecule has 0 aliphatic carbocycles. The van der Waals surface area contributed by atoms with Crippen molar-refractivity contribution in [2.75, 3.05) is 34.8 Å². The fourth-order valence-corrected chi connectivity index (χ4v) is 5.72. The Bertz CT molecular complexity index is 1770. The van der Waals surface area contributed by atoms with E-state index in [0.29, 0.717) is 28.2 Å². The number of benzene rings is 4. The van der Waals surface area contributed by atoms with Gasteiger partial charge < -0.3 is 15.0 Å². The zero-order valence-electron chi connectivity index (χ0n) is 26.3. The number of carbonyl (C=O) groups is 4. The predicted molar refractivity (Wildman–Crippen MR) is 177 cm³/mol. The molecule has 4 aromatic carbocycles. The Hall–Kier alpha value is -5.24. The first-order valence-corrected chi connectivity index (χ1v) is 15.0. The zero-order chi connectivity index (χ0) is 32.2. The van der Waals surface area contributed by atoms with Crippen LogP contribution in [0.2, 0.25) is 0 Å². The minimum atomic E-state index is -0.510. The number of anilines is 3. The van der Waals surface area contributed by atoms with Crippen molar-refractivity contribution in [3.63, 3.8) is 0 Å². The number of hydrogen-bond acceptors (Lipinski definition) is 5. The van der Waals surface area contributed by atoms with Crippen molar-refractivity contribution in [1.29, 1.82) is 0 Å². The third-order valence-electron chi connectivity index (χ3n) is 8.17. The van der Waals surface area contributed by atoms with Crippen LogP contribution in [-0.4, -0.2) is 43.4 Å². The van der Waals surface area contributed by atoms with E-state index in [1.807, 2.05) is 76.2 Å². The second-order valence-corrected chi connectivity index (χ2v) is 11.3. The number of ether oxygens (including phenoxy) is 1. The van der Waals surface area contributed by atoms with Crippen LogP contribution in [0.3, 0.4) is 0 Å². The van der Waals surface area contributed by atoms with Gasteiger partial charge >= 0.3 is 5.97 Å². The predicted octanol–water partition coefficient (Wildman–Crippen LogP) is 6.79. The molecular weight excluding hydrogens is 566 g/mol. The largest absolute Gasteiger partial charge is 0.465 e. The van der Waals surface area contributed by atoms with Gasteiger partial charge in [0.15, 0.2) is 0 Å². The average Bonchev–Trinajstić information content (AvgIpc) is 3.13. The van der Waals surface area contributed by atoms with Gasteiger partial charge in [-0.05, 0) is 110 Å². The summed E-state index contributed by atoms with van der Waals surface area (Å²) < 4.78 is 5.11. The molecule has 0 fully saturated rings. The van der Waals surface area contributed by atoms with Gasteiger partial charge in [-0.3, -0.25) is 24.1 Å². The van der Waals surface area contributed by atoms with E-state index < -0.39 is 5.97 Å². The molecule has 1 aliphatic heterocycles. The molecule has 1 N–H and O–H groups in total. The van der Waals surface area contributed by atoms with Crippen LogP contribution < -0.4 is 15.1 Å². The Morgan fingerprint density at radius 3 is 2.11 bits per heavy atom. The van der Waals surface area contributed by atoms with Crippen molar-refractivity contribution in [3.05, 3.63) is 112 Å². The van der Waals surface area contributed by atoms with Gasteiger partial charge in [-0.2, -0.15) is 0 Å². The Morgan fingerprint density at radius 1 is 0.800 bits per heavy atom. The topological polar surface area (TPSA) is 96.0 Å². The molecule has 8 heteroatoms. The Morgan fingerprint density at radius 2 is 1.44 bits per heavy atom. The summed E-state index contributed by atoms with van der Waals surface area (Å²) in [6, 6.07) is 24.0. The highest BCUT2D eigenvalue weighted by molar-refractivity contribution is 6.13. The van der Waals surface area contributed by atoms with E-state index in [-0.39, 0.29) is 43.8 Å². The molecule has 0 radical (unpaired) electrons. The minimum absolute atomic E-state index is 0.0475. The molecule has 230 valence electrons. The zero-order valence-corrected chi connectivity index (χ0v) is 26.3. The molecule has 8 nitrogen and oxygen atoms in total. The quantitative estimate of drug-likeness (QED) is 0.235. The van der Waals surface area contributed by atoms with E-state index >= 15 is 0 Å². The molecule has 0 saturated heterocycles. The van der Waals surface area contributed by atoms with Crippen molar-refractivity contribution in [2.24, 2.45) is 0 Å². The van der Waals surface area contributed by atoms with Crippen LogP contribution in [0.15, 0.2) is 78.9 Å². The summed E-state index contributed by atoms with van der Waals surface area (Å²) in [5.41, 5.74) is 8.51. The molecule has 0 unspecified atom stereocenters. The van der Waals surface area contributed by atoms with Gasteiger partial charge in [-0.25, -0.2) is 0 Å². The summed E-state index contributed by atoms with van der Waals surface area (Å²) in [4.78, 5) is 55.9. The minimum Gasteiger partial charge on any atom is -0.465 e. The van der Waals surface area contributed by atoms with E-state index in [4.69, 9.17) is 4.74 Å². The second kappa shape index (κ2) is 13.2. The molecule has 1 aliphatic rings. The molecule has 5 rings (SSSR count). The van der Waals surface area contributed by atoms with Gasteiger partial charge in [0.05, 0.1) is 18.0 Å². The first-order chi connectivity index (χ1) is 21.6. The van der Waals surface area contributed by atoms with Crippen molar-refractivity contribution >= 4 is 40.8 Å². The van der Waals surface area contributed by atoms with Crippen LogP contribution in [0.1, 0.15) is 56.3 Å². The summed E-state index contributed by atoms with van der Waals surface area (Å²) in [5.74, 6) is -1.31. The Labute approximate surface area is 263 Å². The normalized spacial score (nSPS) is 12.8. The van der Waals surface area contributed by atoms with Crippen molar-refractivity contribution < 1.29 is 23.9 Å². The van der Waals surface area contributed by atoms with Crippen molar-refractivity contribution in [3.8, 4) is 11.1 Å². The first kappa shape index (κ1) is 31.2. The van der Waals surface area contributed by atoms with Gasteiger partial charge in [-0.1, -0.05) is 36.4 Å². The van der Waals surface area contributed by atoms with Crippen molar-refractivity contribution in [1.82, 2.24) is 0 Å². The van der Waals surface area contributed by atoms with E-state index in [9.17, 15) is 19.2 Å². The smallest absolute Gasteiger partial charge is 0.326 e. The number of fused-ring (bicyclic) bond motifs is 1. The second-order valence-electron chi connectivity index (χ2n) is 11.3. The number of nitrogens with one attached hydrogen (secondary N) is 1. The number of esters is 1. The van der Waals surface area contributed by atoms with Crippen LogP contribution in [-0.2, 0) is 14.3 Å². The highest BCUT2D eigenvalue weighted by Crippen LogP contribution is 2.36. The van der Waals surface area contributed by atoms with Gasteiger partial charge in [-0.15, -0.1) is 0 Å². The summed E-state index contributed by atoms with van der Waals surface area (Å²) >= 11 is 0. The molecule has 0 saturated carbocycles. The summed E-state index contributed by atoms with van der Waals surface area (Å²) in [6.07, 6.45) is 0.0475. The number of aryl methyl sites for hydroxylation is 4. The molecule has 0 bridgehead atoms. The van der Waals surface area contributed by atoms with Crippen LogP contribution in [0.4, 0.5) is 17.1 Å². The van der Waals surface area contributed by atoms with E-state index in [0.717, 1.165) is 33.4 Å². The molecule has 3 amide bonds. The SMILES string of the molecule is CCOC(=O)CN1C(=O)CCN(C(=O)c2ccc(NC(=O)c3ccccc3-c3c(C)cccc3C)cc2)c2cc(C)c(C)cc21. The van der Waals surface area contributed by atoms with E-state index in [1.165, 1.54) is 4.90 Å². The summed E-state index contributed by atoms with van der Waals surface area (Å²) in [5, 5.41) is 2.97. The fraction of sp³-hybridized carbons (Fsp3) is 0.243. The van der Waals surface area contributed by atoms with Crippen LogP contribution in [0.25, 0.3) is 11.1 Å². The Balaban J connectivity index is 1.40. The van der Waals surface area contributed by atoms with Crippen LogP contribution in [0.5, 0.6) is 0 Å². The maximum atomic E-state index is 13.9. The Kier molecular flexibility index (Phi) is 9.13. The molecule has 1 heterocycles. The highest BCUT2D eigenvalue weighted by atomic mass is 16.5. The molecule has 0 atom stereocenters. The third kappa shape index (κ3) is 6.50. The maximum Gasteiger partial charge on any atom is 0.326 e. The molecule has 4 aromatic rings. The van der Waals surface area contributed by atoms with E-state index in [2.05, 4.69) is 5.32 Å². The number of hydrogen-bond donors (Lipinski definition) is 1. The van der Waals surface area contributed by atoms with Gasteiger partial charge in [0.25, 0.3) is 11.8 Å². The lowest BCUT2D eigenvalue weighted by atomic mass is 9.92. The van der Waals surface area contributed by atoms with Crippen molar-refractivity contribution in [2.45, 2.75) is 41.0 Å². The van der Waals surface area contributed by atoms with Gasteiger partial charge in [0, 0.05) is 29.8 Å². The highest BCUT2D eigenvalue weighted by Gasteiger charge is 2.32. The number of carbonyl (C=O) groups excluding carboxylic acids is 4. The molecule has 0 spiro atoms. The number of nitrogens with zero attached hydrogens (tertiary/aromatic N) is 2. The number of amides is 3. The lowest BCUT2D eigenvalue weighted by Gasteiger charge is -2.26. The molecular formula is C37H37N3O5. The maximum absolute atomic E-state index is 13.9. The van der Waals surface area contributed by atoms with Crippen LogP contribution >= 0.6 is 0 Å². The summed E-state index contributed by atoms with van der Waals surface area (Å²) in [7, 11) is 0. The van der Waals surface area contributed by atoms with Gasteiger partial charge in [0.1, 0.15) is 6.54 Å². The van der Waals surface area contributed by atoms with Gasteiger partial charge in [0.2, 0.25) is 5.91 Å². The third-order valence-corrected chi connectivity index (χ3v) is 8.17. The fourth-order valence-electron chi connectivity index (χ4n) is 5.72. The first-order valence-electron chi connectivity index (χ1n) is 15.0. The monoisotopic (exact) mass is 603 g/mol. The average molecular weight is 604 g/mol. The summed E-state index contributed by atoms with van der Waals surface area (Å²) in [6.45, 7) is 9.78. The van der Waals surface area contributed by atoms with Crippen LogP contribution in [0, 0.1) is 27.7 Å². The molecule has 0 aromatic heterocycles. The lowest BCUT2D eigenvalue weighted by molar-refractivity contribution is -0.142.